The van der Waals surface area contributed by atoms with Crippen molar-refractivity contribution < 1.29 is 9.53 Å². The first-order valence-electron chi connectivity index (χ1n) is 8.82. The SMILES string of the molecule is CN(C(=O)C(c1ccc(Cl)cc1Cl)N1CCOCC1)C1CC(C)(C)C1. The van der Waals surface area contributed by atoms with Gasteiger partial charge in [-0.1, -0.05) is 43.1 Å². The van der Waals surface area contributed by atoms with Gasteiger partial charge in [0.25, 0.3) is 0 Å². The molecule has 1 aromatic carbocycles. The van der Waals surface area contributed by atoms with E-state index in [4.69, 9.17) is 27.9 Å². The fraction of sp³-hybridized carbons (Fsp3) is 0.632. The van der Waals surface area contributed by atoms with Gasteiger partial charge in [-0.25, -0.2) is 0 Å². The minimum absolute atomic E-state index is 0.103. The number of halogens is 2. The van der Waals surface area contributed by atoms with Crippen molar-refractivity contribution in [3.8, 4) is 0 Å². The summed E-state index contributed by atoms with van der Waals surface area (Å²) >= 11 is 12.5. The lowest BCUT2D eigenvalue weighted by atomic mass is 9.68. The Morgan fingerprint density at radius 3 is 2.48 bits per heavy atom. The van der Waals surface area contributed by atoms with Crippen molar-refractivity contribution in [1.82, 2.24) is 9.80 Å². The van der Waals surface area contributed by atoms with Crippen LogP contribution in [-0.4, -0.2) is 55.1 Å². The molecule has 25 heavy (non-hydrogen) atoms. The quantitative estimate of drug-likeness (QED) is 0.785. The number of nitrogens with zero attached hydrogens (tertiary/aromatic N) is 2. The van der Waals surface area contributed by atoms with Gasteiger partial charge in [0, 0.05) is 36.2 Å². The van der Waals surface area contributed by atoms with E-state index in [1.807, 2.05) is 18.0 Å². The summed E-state index contributed by atoms with van der Waals surface area (Å²) in [4.78, 5) is 17.5. The zero-order valence-corrected chi connectivity index (χ0v) is 16.6. The molecule has 1 unspecified atom stereocenters. The lowest BCUT2D eigenvalue weighted by Crippen LogP contribution is -2.53. The van der Waals surface area contributed by atoms with E-state index >= 15 is 0 Å². The first kappa shape index (κ1) is 19.0. The normalized spacial score (nSPS) is 22.3. The Labute approximate surface area is 160 Å². The van der Waals surface area contributed by atoms with Crippen LogP contribution in [0.5, 0.6) is 0 Å². The maximum Gasteiger partial charge on any atom is 0.244 e. The molecule has 2 aliphatic rings. The Kier molecular flexibility index (Phi) is 5.64. The van der Waals surface area contributed by atoms with Gasteiger partial charge in [-0.2, -0.15) is 0 Å². The van der Waals surface area contributed by atoms with Crippen molar-refractivity contribution in [2.75, 3.05) is 33.4 Å². The van der Waals surface area contributed by atoms with Gasteiger partial charge >= 0.3 is 0 Å². The summed E-state index contributed by atoms with van der Waals surface area (Å²) in [7, 11) is 1.92. The number of ether oxygens (including phenoxy) is 1. The molecule has 0 radical (unpaired) electrons. The third kappa shape index (κ3) is 4.13. The van der Waals surface area contributed by atoms with Gasteiger partial charge < -0.3 is 9.64 Å². The minimum Gasteiger partial charge on any atom is -0.379 e. The molecule has 1 aliphatic carbocycles. The Bertz CT molecular complexity index is 636. The summed E-state index contributed by atoms with van der Waals surface area (Å²) in [5, 5.41) is 1.12. The third-order valence-electron chi connectivity index (χ3n) is 5.37. The second kappa shape index (κ2) is 7.43. The van der Waals surface area contributed by atoms with E-state index in [1.54, 1.807) is 12.1 Å². The Morgan fingerprint density at radius 1 is 1.28 bits per heavy atom. The smallest absolute Gasteiger partial charge is 0.244 e. The van der Waals surface area contributed by atoms with Crippen LogP contribution >= 0.6 is 23.2 Å². The first-order valence-corrected chi connectivity index (χ1v) is 9.57. The molecule has 6 heteroatoms. The topological polar surface area (TPSA) is 32.8 Å². The first-order chi connectivity index (χ1) is 11.8. The highest BCUT2D eigenvalue weighted by atomic mass is 35.5. The van der Waals surface area contributed by atoms with Crippen molar-refractivity contribution in [1.29, 1.82) is 0 Å². The van der Waals surface area contributed by atoms with E-state index in [-0.39, 0.29) is 11.9 Å². The molecule has 4 nitrogen and oxygen atoms in total. The highest BCUT2D eigenvalue weighted by molar-refractivity contribution is 6.35. The number of hydrogen-bond acceptors (Lipinski definition) is 3. The van der Waals surface area contributed by atoms with Crippen LogP contribution in [-0.2, 0) is 9.53 Å². The van der Waals surface area contributed by atoms with Gasteiger partial charge in [0.1, 0.15) is 6.04 Å². The largest absolute Gasteiger partial charge is 0.379 e. The third-order valence-corrected chi connectivity index (χ3v) is 5.94. The molecule has 0 bridgehead atoms. The summed E-state index contributed by atoms with van der Waals surface area (Å²) in [5.74, 6) is 0.103. The van der Waals surface area contributed by atoms with E-state index in [9.17, 15) is 4.79 Å². The summed E-state index contributed by atoms with van der Waals surface area (Å²) in [5.41, 5.74) is 1.15. The molecule has 1 saturated heterocycles. The lowest BCUT2D eigenvalue weighted by Gasteiger charge is -2.48. The second-order valence-corrected chi connectivity index (χ2v) is 8.74. The van der Waals surface area contributed by atoms with Crippen LogP contribution in [0, 0.1) is 5.41 Å². The number of carbonyl (C=O) groups excluding carboxylic acids is 1. The molecule has 3 rings (SSSR count). The minimum atomic E-state index is -0.387. The van der Waals surface area contributed by atoms with Gasteiger partial charge in [0.15, 0.2) is 0 Å². The van der Waals surface area contributed by atoms with Crippen molar-refractivity contribution in [2.45, 2.75) is 38.8 Å². The summed E-state index contributed by atoms with van der Waals surface area (Å²) in [6, 6.07) is 5.31. The van der Waals surface area contributed by atoms with E-state index in [2.05, 4.69) is 18.7 Å². The van der Waals surface area contributed by atoms with Gasteiger partial charge in [0.2, 0.25) is 5.91 Å². The molecule has 0 N–H and O–H groups in total. The number of hydrogen-bond donors (Lipinski definition) is 0. The molecule has 1 aromatic rings. The Balaban J connectivity index is 1.86. The van der Waals surface area contributed by atoms with E-state index in [0.29, 0.717) is 34.7 Å². The zero-order valence-electron chi connectivity index (χ0n) is 15.1. The van der Waals surface area contributed by atoms with Gasteiger partial charge in [-0.15, -0.1) is 0 Å². The average molecular weight is 385 g/mol. The number of morpholine rings is 1. The standard InChI is InChI=1S/C19H26Cl2N2O2/c1-19(2)11-14(12-19)22(3)18(24)17(23-6-8-25-9-7-23)15-5-4-13(20)10-16(15)21/h4-5,10,14,17H,6-9,11-12H2,1-3H3. The maximum absolute atomic E-state index is 13.4. The fourth-order valence-electron chi connectivity index (χ4n) is 3.91. The second-order valence-electron chi connectivity index (χ2n) is 7.89. The van der Waals surface area contributed by atoms with Crippen LogP contribution in [0.4, 0.5) is 0 Å². The lowest BCUT2D eigenvalue weighted by molar-refractivity contribution is -0.144. The number of likely N-dealkylation sites (N-methyl/N-ethyl adjacent to an activating group) is 1. The number of carbonyl (C=O) groups is 1. The van der Waals surface area contributed by atoms with Crippen LogP contribution < -0.4 is 0 Å². The van der Waals surface area contributed by atoms with Gasteiger partial charge in [-0.05, 0) is 36.0 Å². The Hall–Kier alpha value is -0.810. The highest BCUT2D eigenvalue weighted by Gasteiger charge is 2.42. The molecule has 1 aliphatic heterocycles. The van der Waals surface area contributed by atoms with Crippen LogP contribution in [0.2, 0.25) is 10.0 Å². The molecular weight excluding hydrogens is 359 g/mol. The molecule has 1 heterocycles. The summed E-state index contributed by atoms with van der Waals surface area (Å²) in [6.45, 7) is 7.21. The number of amides is 1. The van der Waals surface area contributed by atoms with E-state index in [0.717, 1.165) is 31.5 Å². The predicted molar refractivity (Wildman–Crippen MR) is 101 cm³/mol. The zero-order chi connectivity index (χ0) is 18.2. The van der Waals surface area contributed by atoms with Crippen molar-refractivity contribution in [3.63, 3.8) is 0 Å². The van der Waals surface area contributed by atoms with Crippen molar-refractivity contribution >= 4 is 29.1 Å². The van der Waals surface area contributed by atoms with Crippen LogP contribution in [0.25, 0.3) is 0 Å². The average Bonchev–Trinajstić information content (AvgIpc) is 2.55. The molecule has 1 atom stereocenters. The maximum atomic E-state index is 13.4. The summed E-state index contributed by atoms with van der Waals surface area (Å²) < 4.78 is 5.46. The molecule has 2 fully saturated rings. The highest BCUT2D eigenvalue weighted by Crippen LogP contribution is 2.43. The fourth-order valence-corrected chi connectivity index (χ4v) is 4.42. The Morgan fingerprint density at radius 2 is 1.92 bits per heavy atom. The van der Waals surface area contributed by atoms with Crippen LogP contribution in [0.3, 0.4) is 0 Å². The monoisotopic (exact) mass is 384 g/mol. The van der Waals surface area contributed by atoms with Crippen LogP contribution in [0.15, 0.2) is 18.2 Å². The van der Waals surface area contributed by atoms with E-state index in [1.165, 1.54) is 0 Å². The summed E-state index contributed by atoms with van der Waals surface area (Å²) in [6.07, 6.45) is 2.08. The van der Waals surface area contributed by atoms with E-state index < -0.39 is 0 Å². The molecule has 0 aromatic heterocycles. The predicted octanol–water partition coefficient (Wildman–Crippen LogP) is 4.01. The molecule has 138 valence electrons. The van der Waals surface area contributed by atoms with Gasteiger partial charge in [0.05, 0.1) is 13.2 Å². The molecular formula is C19H26Cl2N2O2. The molecule has 1 saturated carbocycles. The van der Waals surface area contributed by atoms with Gasteiger partial charge in [-0.3, -0.25) is 9.69 Å². The molecule has 0 spiro atoms. The van der Waals surface area contributed by atoms with Crippen molar-refractivity contribution in [2.24, 2.45) is 5.41 Å². The number of rotatable bonds is 4. The van der Waals surface area contributed by atoms with Crippen LogP contribution in [0.1, 0.15) is 38.3 Å². The number of benzene rings is 1. The molecule has 1 amide bonds. The van der Waals surface area contributed by atoms with Crippen molar-refractivity contribution in [3.05, 3.63) is 33.8 Å².